The summed E-state index contributed by atoms with van der Waals surface area (Å²) in [4.78, 5) is 12.5. The van der Waals surface area contributed by atoms with Gasteiger partial charge in [-0.1, -0.05) is 19.1 Å². The van der Waals surface area contributed by atoms with Gasteiger partial charge in [-0.2, -0.15) is 0 Å². The minimum Gasteiger partial charge on any atom is -0.495 e. The predicted molar refractivity (Wildman–Crippen MR) is 108 cm³/mol. The Balaban J connectivity index is 2.24. The Bertz CT molecular complexity index is 976. The van der Waals surface area contributed by atoms with Crippen LogP contribution in [0.5, 0.6) is 17.2 Å². The summed E-state index contributed by atoms with van der Waals surface area (Å²) < 4.78 is 39.6. The van der Waals surface area contributed by atoms with Gasteiger partial charge in [0.1, 0.15) is 10.6 Å². The molecule has 2 rings (SSSR count). The van der Waals surface area contributed by atoms with Crippen LogP contribution in [-0.4, -0.2) is 41.3 Å². The highest BCUT2D eigenvalue weighted by atomic mass is 32.2. The number of benzene rings is 2. The van der Waals surface area contributed by atoms with Crippen LogP contribution in [0.2, 0.25) is 0 Å². The highest BCUT2D eigenvalue weighted by molar-refractivity contribution is 7.90. The topological polar surface area (TPSA) is 78.9 Å². The summed E-state index contributed by atoms with van der Waals surface area (Å²) in [7, 11) is -0.520. The molecule has 0 atom stereocenters. The summed E-state index contributed by atoms with van der Waals surface area (Å²) in [6, 6.07) is 9.66. The second-order valence-corrected chi connectivity index (χ2v) is 8.08. The van der Waals surface area contributed by atoms with Crippen molar-refractivity contribution in [1.29, 1.82) is 0 Å². The van der Waals surface area contributed by atoms with Gasteiger partial charge >= 0.3 is 0 Å². The highest BCUT2D eigenvalue weighted by Crippen LogP contribution is 2.29. The van der Waals surface area contributed by atoms with Gasteiger partial charge in [0.05, 0.1) is 20.8 Å². The fourth-order valence-corrected chi connectivity index (χ4v) is 3.34. The van der Waals surface area contributed by atoms with Crippen LogP contribution < -0.4 is 14.2 Å². The standard InChI is InChI=1S/C21H24O6S/c1-5-12-27-18-10-7-15(13-19(18)25-2)6-9-17(22)16-8-11-21(28(4,23)24)20(14-16)26-3/h6-11,13-14H,5,12H2,1-4H3/b9-6+. The van der Waals surface area contributed by atoms with Crippen molar-refractivity contribution < 1.29 is 27.4 Å². The third-order valence-electron chi connectivity index (χ3n) is 3.92. The average molecular weight is 404 g/mol. The molecule has 7 heteroatoms. The lowest BCUT2D eigenvalue weighted by molar-refractivity contribution is 0.104. The van der Waals surface area contributed by atoms with E-state index in [-0.39, 0.29) is 16.4 Å². The Morgan fingerprint density at radius 1 is 1.00 bits per heavy atom. The van der Waals surface area contributed by atoms with Crippen molar-refractivity contribution in [3.63, 3.8) is 0 Å². The molecule has 2 aromatic rings. The van der Waals surface area contributed by atoms with Crippen molar-refractivity contribution in [2.24, 2.45) is 0 Å². The molecule has 0 saturated carbocycles. The van der Waals surface area contributed by atoms with Crippen LogP contribution in [-0.2, 0) is 9.84 Å². The minimum atomic E-state index is -3.44. The summed E-state index contributed by atoms with van der Waals surface area (Å²) in [5.41, 5.74) is 1.10. The molecule has 0 aliphatic rings. The monoisotopic (exact) mass is 404 g/mol. The Kier molecular flexibility index (Phi) is 7.23. The average Bonchev–Trinajstić information content (AvgIpc) is 2.69. The SMILES string of the molecule is CCCOc1ccc(/C=C/C(=O)c2ccc(S(C)(=O)=O)c(OC)c2)cc1OC. The van der Waals surface area contributed by atoms with Crippen LogP contribution in [0.1, 0.15) is 29.3 Å². The largest absolute Gasteiger partial charge is 0.495 e. The number of carbonyl (C=O) groups is 1. The lowest BCUT2D eigenvalue weighted by Crippen LogP contribution is -2.03. The summed E-state index contributed by atoms with van der Waals surface area (Å²) in [5, 5.41) is 0. The van der Waals surface area contributed by atoms with Crippen LogP contribution >= 0.6 is 0 Å². The molecule has 0 amide bonds. The molecule has 0 aromatic heterocycles. The first kappa shape index (κ1) is 21.5. The number of hydrogen-bond donors (Lipinski definition) is 0. The maximum Gasteiger partial charge on any atom is 0.185 e. The Morgan fingerprint density at radius 2 is 1.71 bits per heavy atom. The van der Waals surface area contributed by atoms with E-state index in [0.29, 0.717) is 23.7 Å². The lowest BCUT2D eigenvalue weighted by Gasteiger charge is -2.10. The van der Waals surface area contributed by atoms with E-state index in [0.717, 1.165) is 18.2 Å². The fourth-order valence-electron chi connectivity index (χ4n) is 2.51. The number of carbonyl (C=O) groups excluding carboxylic acids is 1. The van der Waals surface area contributed by atoms with Gasteiger partial charge < -0.3 is 14.2 Å². The van der Waals surface area contributed by atoms with Crippen molar-refractivity contribution >= 4 is 21.7 Å². The van der Waals surface area contributed by atoms with E-state index in [2.05, 4.69) is 0 Å². The van der Waals surface area contributed by atoms with Crippen LogP contribution in [0.4, 0.5) is 0 Å². The maximum atomic E-state index is 12.5. The van der Waals surface area contributed by atoms with Crippen LogP contribution in [0.25, 0.3) is 6.08 Å². The molecular weight excluding hydrogens is 380 g/mol. The van der Waals surface area contributed by atoms with Crippen molar-refractivity contribution in [3.8, 4) is 17.2 Å². The molecule has 0 unspecified atom stereocenters. The van der Waals surface area contributed by atoms with Crippen molar-refractivity contribution in [2.45, 2.75) is 18.2 Å². The second kappa shape index (κ2) is 9.41. The molecule has 0 aliphatic heterocycles. The fraction of sp³-hybridized carbons (Fsp3) is 0.286. The smallest absolute Gasteiger partial charge is 0.185 e. The summed E-state index contributed by atoms with van der Waals surface area (Å²) in [6.07, 6.45) is 5.05. The number of ether oxygens (including phenoxy) is 3. The van der Waals surface area contributed by atoms with Crippen LogP contribution in [0.15, 0.2) is 47.4 Å². The quantitative estimate of drug-likeness (QED) is 0.467. The molecule has 0 spiro atoms. The van der Waals surface area contributed by atoms with E-state index >= 15 is 0 Å². The van der Waals surface area contributed by atoms with Gasteiger partial charge in [0.2, 0.25) is 0 Å². The first-order valence-electron chi connectivity index (χ1n) is 8.71. The van der Waals surface area contributed by atoms with Crippen molar-refractivity contribution in [2.75, 3.05) is 27.1 Å². The van der Waals surface area contributed by atoms with E-state index in [1.165, 1.54) is 31.4 Å². The molecule has 6 nitrogen and oxygen atoms in total. The maximum absolute atomic E-state index is 12.5. The summed E-state index contributed by atoms with van der Waals surface area (Å²) in [5.74, 6) is 1.10. The van der Waals surface area contributed by atoms with Gasteiger partial charge in [0.25, 0.3) is 0 Å². The van der Waals surface area contributed by atoms with Crippen LogP contribution in [0.3, 0.4) is 0 Å². The van der Waals surface area contributed by atoms with E-state index < -0.39 is 9.84 Å². The molecule has 150 valence electrons. The van der Waals surface area contributed by atoms with Gasteiger partial charge in [0, 0.05) is 11.8 Å². The second-order valence-electron chi connectivity index (χ2n) is 6.09. The van der Waals surface area contributed by atoms with Gasteiger partial charge in [-0.25, -0.2) is 8.42 Å². The number of allylic oxidation sites excluding steroid dienone is 1. The zero-order valence-electron chi connectivity index (χ0n) is 16.4. The normalized spacial score (nSPS) is 11.4. The summed E-state index contributed by atoms with van der Waals surface area (Å²) >= 11 is 0. The van der Waals surface area contributed by atoms with E-state index in [4.69, 9.17) is 14.2 Å². The lowest BCUT2D eigenvalue weighted by atomic mass is 10.1. The molecule has 2 aromatic carbocycles. The van der Waals surface area contributed by atoms with Crippen LogP contribution in [0, 0.1) is 0 Å². The zero-order valence-corrected chi connectivity index (χ0v) is 17.2. The molecular formula is C21H24O6S. The summed E-state index contributed by atoms with van der Waals surface area (Å²) in [6.45, 7) is 2.61. The third-order valence-corrected chi connectivity index (χ3v) is 5.06. The molecule has 0 N–H and O–H groups in total. The highest BCUT2D eigenvalue weighted by Gasteiger charge is 2.16. The van der Waals surface area contributed by atoms with Gasteiger partial charge in [-0.3, -0.25) is 4.79 Å². The van der Waals surface area contributed by atoms with Gasteiger partial charge in [0.15, 0.2) is 27.1 Å². The van der Waals surface area contributed by atoms with Gasteiger partial charge in [-0.15, -0.1) is 0 Å². The first-order valence-corrected chi connectivity index (χ1v) is 10.6. The van der Waals surface area contributed by atoms with Crippen molar-refractivity contribution in [3.05, 3.63) is 53.6 Å². The van der Waals surface area contributed by atoms with E-state index in [1.54, 1.807) is 25.3 Å². The Hall–Kier alpha value is -2.80. The molecule has 0 aliphatic carbocycles. The molecule has 0 radical (unpaired) electrons. The molecule has 28 heavy (non-hydrogen) atoms. The number of hydrogen-bond acceptors (Lipinski definition) is 6. The van der Waals surface area contributed by atoms with Crippen molar-refractivity contribution in [1.82, 2.24) is 0 Å². The van der Waals surface area contributed by atoms with E-state index in [1.807, 2.05) is 13.0 Å². The number of rotatable bonds is 9. The number of ketones is 1. The Morgan fingerprint density at radius 3 is 2.32 bits per heavy atom. The van der Waals surface area contributed by atoms with E-state index in [9.17, 15) is 13.2 Å². The molecule has 0 fully saturated rings. The molecule has 0 heterocycles. The predicted octanol–water partition coefficient (Wildman–Crippen LogP) is 3.79. The number of methoxy groups -OCH3 is 2. The first-order chi connectivity index (χ1) is 13.3. The Labute approximate surface area is 165 Å². The molecule has 0 bridgehead atoms. The minimum absolute atomic E-state index is 0.0444. The zero-order chi connectivity index (χ0) is 20.7. The molecule has 0 saturated heterocycles. The van der Waals surface area contributed by atoms with Gasteiger partial charge in [-0.05, 0) is 48.4 Å². The third kappa shape index (κ3) is 5.36. The number of sulfone groups is 1.